The Bertz CT molecular complexity index is 1120. The van der Waals surface area contributed by atoms with Crippen LogP contribution in [0.1, 0.15) is 44.7 Å². The van der Waals surface area contributed by atoms with Gasteiger partial charge in [0, 0.05) is 31.1 Å². The second-order valence-electron chi connectivity index (χ2n) is 9.24. The number of benzene rings is 2. The fourth-order valence-corrected chi connectivity index (χ4v) is 4.82. The molecule has 35 heavy (non-hydrogen) atoms. The first kappa shape index (κ1) is 28.7. The summed E-state index contributed by atoms with van der Waals surface area (Å²) in [5.41, 5.74) is 2.45. The van der Waals surface area contributed by atoms with Gasteiger partial charge in [0.05, 0.1) is 11.9 Å². The minimum absolute atomic E-state index is 0.0974. The van der Waals surface area contributed by atoms with E-state index >= 15 is 0 Å². The predicted molar refractivity (Wildman–Crippen MR) is 142 cm³/mol. The number of halogens is 1. The number of nitrogens with one attached hydrogen (secondary N) is 1. The van der Waals surface area contributed by atoms with Gasteiger partial charge in [-0.25, -0.2) is 8.42 Å². The van der Waals surface area contributed by atoms with Crippen LogP contribution in [0.15, 0.2) is 48.5 Å². The smallest absolute Gasteiger partial charge is 0.242 e. The van der Waals surface area contributed by atoms with Crippen LogP contribution >= 0.6 is 11.6 Å². The highest BCUT2D eigenvalue weighted by Crippen LogP contribution is 2.22. The summed E-state index contributed by atoms with van der Waals surface area (Å²) < 4.78 is 26.0. The fraction of sp³-hybridized carbons (Fsp3) is 0.462. The first-order valence-corrected chi connectivity index (χ1v) is 14.0. The van der Waals surface area contributed by atoms with E-state index in [1.807, 2.05) is 45.0 Å². The van der Waals surface area contributed by atoms with E-state index in [2.05, 4.69) is 5.32 Å². The van der Waals surface area contributed by atoms with Gasteiger partial charge in [0.1, 0.15) is 6.04 Å². The van der Waals surface area contributed by atoms with Crippen LogP contribution in [-0.4, -0.2) is 50.5 Å². The lowest BCUT2D eigenvalue weighted by atomic mass is 10.1. The highest BCUT2D eigenvalue weighted by Gasteiger charge is 2.26. The Morgan fingerprint density at radius 2 is 1.74 bits per heavy atom. The summed E-state index contributed by atoms with van der Waals surface area (Å²) in [6.45, 7) is 8.65. The van der Waals surface area contributed by atoms with E-state index in [0.29, 0.717) is 36.1 Å². The van der Waals surface area contributed by atoms with Crippen LogP contribution in [0.2, 0.25) is 5.02 Å². The third-order valence-corrected chi connectivity index (χ3v) is 6.96. The number of carbonyl (C=O) groups is 2. The van der Waals surface area contributed by atoms with Crippen LogP contribution < -0.4 is 9.62 Å². The highest BCUT2D eigenvalue weighted by molar-refractivity contribution is 7.92. The first-order valence-electron chi connectivity index (χ1n) is 11.7. The van der Waals surface area contributed by atoms with Gasteiger partial charge in [-0.2, -0.15) is 0 Å². The number of amides is 2. The van der Waals surface area contributed by atoms with Gasteiger partial charge < -0.3 is 10.2 Å². The molecule has 192 valence electrons. The van der Waals surface area contributed by atoms with Crippen molar-refractivity contribution in [2.75, 3.05) is 23.7 Å². The summed E-state index contributed by atoms with van der Waals surface area (Å²) >= 11 is 6.04. The lowest BCUT2D eigenvalue weighted by Crippen LogP contribution is -2.48. The molecule has 0 fully saturated rings. The quantitative estimate of drug-likeness (QED) is 0.449. The molecule has 2 aromatic carbocycles. The molecule has 2 rings (SSSR count). The maximum absolute atomic E-state index is 13.3. The molecule has 0 aromatic heterocycles. The molecule has 0 aliphatic rings. The van der Waals surface area contributed by atoms with Crippen LogP contribution in [0.25, 0.3) is 0 Å². The summed E-state index contributed by atoms with van der Waals surface area (Å²) in [4.78, 5) is 27.6. The van der Waals surface area contributed by atoms with Crippen molar-refractivity contribution in [3.63, 3.8) is 0 Å². The average Bonchev–Trinajstić information content (AvgIpc) is 2.77. The normalized spacial score (nSPS) is 12.3. The van der Waals surface area contributed by atoms with E-state index in [1.54, 1.807) is 36.1 Å². The Labute approximate surface area is 214 Å². The Morgan fingerprint density at radius 1 is 1.06 bits per heavy atom. The molecule has 1 N–H and O–H groups in total. The number of anilines is 1. The molecule has 0 aliphatic heterocycles. The maximum atomic E-state index is 13.3. The van der Waals surface area contributed by atoms with Crippen molar-refractivity contribution in [3.05, 3.63) is 64.7 Å². The van der Waals surface area contributed by atoms with Gasteiger partial charge >= 0.3 is 0 Å². The van der Waals surface area contributed by atoms with Crippen molar-refractivity contribution in [2.24, 2.45) is 5.92 Å². The summed E-state index contributed by atoms with van der Waals surface area (Å²) in [5.74, 6) is -0.129. The van der Waals surface area contributed by atoms with Crippen LogP contribution in [0.3, 0.4) is 0 Å². The number of hydrogen-bond donors (Lipinski definition) is 1. The SMILES string of the molecule is Cc1cccc(CN(C(=O)CCCN(c2cccc(Cl)c2)S(C)(=O)=O)[C@H](C)C(=O)NCC(C)C)c1. The predicted octanol–water partition coefficient (Wildman–Crippen LogP) is 4.38. The van der Waals surface area contributed by atoms with Crippen LogP contribution in [0.4, 0.5) is 5.69 Å². The second-order valence-corrected chi connectivity index (χ2v) is 11.6. The highest BCUT2D eigenvalue weighted by atomic mass is 35.5. The van der Waals surface area contributed by atoms with Crippen LogP contribution in [-0.2, 0) is 26.2 Å². The molecule has 1 atom stereocenters. The molecule has 0 radical (unpaired) electrons. The number of sulfonamides is 1. The van der Waals surface area contributed by atoms with Crippen molar-refractivity contribution in [2.45, 2.75) is 53.1 Å². The van der Waals surface area contributed by atoms with Crippen LogP contribution in [0.5, 0.6) is 0 Å². The number of aryl methyl sites for hydroxylation is 1. The Kier molecular flexibility index (Phi) is 10.6. The monoisotopic (exact) mass is 521 g/mol. The Morgan fingerprint density at radius 3 is 2.34 bits per heavy atom. The van der Waals surface area contributed by atoms with E-state index < -0.39 is 16.1 Å². The standard InChI is InChI=1S/C26H36ClN3O4S/c1-19(2)17-28-26(32)21(4)29(18-22-10-6-9-20(3)15-22)25(31)13-8-14-30(35(5,33)34)24-12-7-11-23(27)16-24/h6-7,9-12,15-16,19,21H,8,13-14,17-18H2,1-5H3,(H,28,32)/t21-/m1/s1. The summed E-state index contributed by atoms with van der Waals surface area (Å²) in [6.07, 6.45) is 1.52. The van der Waals surface area contributed by atoms with Crippen LogP contribution in [0, 0.1) is 12.8 Å². The molecule has 2 aromatic rings. The average molecular weight is 522 g/mol. The number of hydrogen-bond acceptors (Lipinski definition) is 4. The zero-order valence-electron chi connectivity index (χ0n) is 21.1. The van der Waals surface area contributed by atoms with Gasteiger partial charge in [-0.1, -0.05) is 61.3 Å². The largest absolute Gasteiger partial charge is 0.354 e. The lowest BCUT2D eigenvalue weighted by molar-refractivity contribution is -0.140. The molecule has 0 saturated heterocycles. The molecule has 0 bridgehead atoms. The zero-order valence-corrected chi connectivity index (χ0v) is 22.7. The van der Waals surface area contributed by atoms with E-state index in [0.717, 1.165) is 17.4 Å². The van der Waals surface area contributed by atoms with Gasteiger partial charge in [0.15, 0.2) is 0 Å². The second kappa shape index (κ2) is 12.9. The summed E-state index contributed by atoms with van der Waals surface area (Å²) in [7, 11) is -3.57. The van der Waals surface area contributed by atoms with E-state index in [9.17, 15) is 18.0 Å². The van der Waals surface area contributed by atoms with E-state index in [4.69, 9.17) is 11.6 Å². The Balaban J connectivity index is 2.16. The third kappa shape index (κ3) is 9.18. The third-order valence-electron chi connectivity index (χ3n) is 5.54. The minimum Gasteiger partial charge on any atom is -0.354 e. The Hall–Kier alpha value is -2.58. The lowest BCUT2D eigenvalue weighted by Gasteiger charge is -2.30. The molecular weight excluding hydrogens is 486 g/mol. The van der Waals surface area contributed by atoms with Crippen molar-refractivity contribution < 1.29 is 18.0 Å². The van der Waals surface area contributed by atoms with Gasteiger partial charge in [-0.05, 0) is 49.9 Å². The molecule has 0 aliphatic carbocycles. The molecule has 0 saturated carbocycles. The van der Waals surface area contributed by atoms with Gasteiger partial charge in [-0.3, -0.25) is 13.9 Å². The minimum atomic E-state index is -3.57. The van der Waals surface area contributed by atoms with Gasteiger partial charge in [0.25, 0.3) is 0 Å². The summed E-state index contributed by atoms with van der Waals surface area (Å²) in [6, 6.07) is 13.7. The molecule has 0 spiro atoms. The molecule has 0 unspecified atom stereocenters. The van der Waals surface area contributed by atoms with E-state index in [-0.39, 0.29) is 24.8 Å². The summed E-state index contributed by atoms with van der Waals surface area (Å²) in [5, 5.41) is 3.33. The molecule has 9 heteroatoms. The molecule has 7 nitrogen and oxygen atoms in total. The van der Waals surface area contributed by atoms with Crippen molar-refractivity contribution >= 4 is 39.1 Å². The topological polar surface area (TPSA) is 86.8 Å². The number of carbonyl (C=O) groups excluding carboxylic acids is 2. The van der Waals surface area contributed by atoms with Gasteiger partial charge in [-0.15, -0.1) is 0 Å². The van der Waals surface area contributed by atoms with Gasteiger partial charge in [0.2, 0.25) is 21.8 Å². The zero-order chi connectivity index (χ0) is 26.2. The van der Waals surface area contributed by atoms with E-state index in [1.165, 1.54) is 4.31 Å². The maximum Gasteiger partial charge on any atom is 0.242 e. The fourth-order valence-electron chi connectivity index (χ4n) is 3.68. The first-order chi connectivity index (χ1) is 16.4. The number of nitrogens with zero attached hydrogens (tertiary/aromatic N) is 2. The van der Waals surface area contributed by atoms with Crippen molar-refractivity contribution in [1.82, 2.24) is 10.2 Å². The molecule has 2 amide bonds. The molecular formula is C26H36ClN3O4S. The van der Waals surface area contributed by atoms with Crippen molar-refractivity contribution in [1.29, 1.82) is 0 Å². The number of rotatable bonds is 12. The molecule has 0 heterocycles. The van der Waals surface area contributed by atoms with Crippen molar-refractivity contribution in [3.8, 4) is 0 Å².